The normalized spacial score (nSPS) is 18.6. The molecular weight excluding hydrogens is 296 g/mol. The highest BCUT2D eigenvalue weighted by molar-refractivity contribution is 5.78. The fraction of sp³-hybridized carbons (Fsp3) is 0.533. The minimum absolute atomic E-state index is 0.184. The summed E-state index contributed by atoms with van der Waals surface area (Å²) in [6.45, 7) is 6.19. The lowest BCUT2D eigenvalue weighted by molar-refractivity contribution is 0.0218. The average molecular weight is 318 g/mol. The number of aromatic nitrogens is 3. The zero-order valence-corrected chi connectivity index (χ0v) is 13.6. The third kappa shape index (κ3) is 2.76. The van der Waals surface area contributed by atoms with E-state index < -0.39 is 5.60 Å². The van der Waals surface area contributed by atoms with Gasteiger partial charge in [0.1, 0.15) is 16.9 Å². The van der Waals surface area contributed by atoms with Crippen molar-refractivity contribution in [2.24, 2.45) is 0 Å². The first kappa shape index (κ1) is 15.4. The summed E-state index contributed by atoms with van der Waals surface area (Å²) >= 11 is 0. The van der Waals surface area contributed by atoms with Crippen molar-refractivity contribution in [1.82, 2.24) is 19.3 Å². The molecular formula is C15H22N6O2. The largest absolute Gasteiger partial charge is 0.444 e. The first-order valence-electron chi connectivity index (χ1n) is 7.65. The average Bonchev–Trinajstić information content (AvgIpc) is 3.02. The number of anilines is 2. The van der Waals surface area contributed by atoms with Crippen LogP contribution in [0.4, 0.5) is 16.4 Å². The molecule has 0 spiro atoms. The molecule has 23 heavy (non-hydrogen) atoms. The van der Waals surface area contributed by atoms with Crippen molar-refractivity contribution in [3.8, 4) is 0 Å². The summed E-state index contributed by atoms with van der Waals surface area (Å²) in [5.41, 5.74) is 11.9. The number of nitrogens with zero attached hydrogens (tertiary/aromatic N) is 4. The van der Waals surface area contributed by atoms with Crippen molar-refractivity contribution in [3.63, 3.8) is 0 Å². The van der Waals surface area contributed by atoms with E-state index in [1.165, 1.54) is 0 Å². The number of hydrogen-bond donors (Lipinski definition) is 2. The number of likely N-dealkylation sites (tertiary alicyclic amines) is 1. The maximum Gasteiger partial charge on any atom is 0.410 e. The molecule has 124 valence electrons. The molecule has 3 heterocycles. The SMILES string of the molecule is CC(C)(C)OC(=O)N1CCC[C@H]1c1nc(N)c2c(N)nccn12. The van der Waals surface area contributed by atoms with Gasteiger partial charge >= 0.3 is 6.09 Å². The Kier molecular flexibility index (Phi) is 3.54. The Bertz CT molecular complexity index is 748. The zero-order valence-electron chi connectivity index (χ0n) is 13.6. The van der Waals surface area contributed by atoms with Crippen LogP contribution in [0.3, 0.4) is 0 Å². The van der Waals surface area contributed by atoms with E-state index in [2.05, 4.69) is 9.97 Å². The van der Waals surface area contributed by atoms with Crippen molar-refractivity contribution in [2.45, 2.75) is 45.3 Å². The van der Waals surface area contributed by atoms with Crippen LogP contribution in [0.2, 0.25) is 0 Å². The molecule has 1 aliphatic rings. The van der Waals surface area contributed by atoms with Gasteiger partial charge in [-0.05, 0) is 33.6 Å². The monoisotopic (exact) mass is 318 g/mol. The molecule has 1 atom stereocenters. The third-order valence-corrected chi connectivity index (χ3v) is 3.82. The van der Waals surface area contributed by atoms with E-state index in [0.717, 1.165) is 12.8 Å². The van der Waals surface area contributed by atoms with Gasteiger partial charge in [-0.2, -0.15) is 0 Å². The minimum Gasteiger partial charge on any atom is -0.444 e. The lowest BCUT2D eigenvalue weighted by Gasteiger charge is -2.28. The number of ether oxygens (including phenoxy) is 1. The quantitative estimate of drug-likeness (QED) is 0.831. The van der Waals surface area contributed by atoms with Crippen molar-refractivity contribution < 1.29 is 9.53 Å². The maximum atomic E-state index is 12.5. The molecule has 0 aliphatic carbocycles. The fourth-order valence-electron chi connectivity index (χ4n) is 2.92. The van der Waals surface area contributed by atoms with Crippen molar-refractivity contribution in [3.05, 3.63) is 18.2 Å². The maximum absolute atomic E-state index is 12.5. The van der Waals surface area contributed by atoms with E-state index in [1.807, 2.05) is 25.2 Å². The Labute approximate surface area is 134 Å². The van der Waals surface area contributed by atoms with Gasteiger partial charge in [-0.15, -0.1) is 0 Å². The predicted molar refractivity (Wildman–Crippen MR) is 86.7 cm³/mol. The number of carbonyl (C=O) groups excluding carboxylic acids is 1. The van der Waals surface area contributed by atoms with Gasteiger partial charge in [-0.1, -0.05) is 0 Å². The summed E-state index contributed by atoms with van der Waals surface area (Å²) in [4.78, 5) is 22.6. The second-order valence-corrected chi connectivity index (χ2v) is 6.72. The first-order chi connectivity index (χ1) is 10.8. The molecule has 0 saturated carbocycles. The number of carbonyl (C=O) groups is 1. The molecule has 1 amide bonds. The summed E-state index contributed by atoms with van der Waals surface area (Å²) in [7, 11) is 0. The molecule has 8 heteroatoms. The highest BCUT2D eigenvalue weighted by atomic mass is 16.6. The van der Waals surface area contributed by atoms with Crippen LogP contribution in [0.1, 0.15) is 45.5 Å². The second kappa shape index (κ2) is 5.29. The van der Waals surface area contributed by atoms with Crippen LogP contribution in [0.15, 0.2) is 12.4 Å². The molecule has 0 radical (unpaired) electrons. The Morgan fingerprint density at radius 1 is 1.35 bits per heavy atom. The summed E-state index contributed by atoms with van der Waals surface area (Å²) in [6.07, 6.45) is 4.71. The summed E-state index contributed by atoms with van der Waals surface area (Å²) < 4.78 is 7.31. The zero-order chi connectivity index (χ0) is 16.8. The molecule has 8 nitrogen and oxygen atoms in total. The van der Waals surface area contributed by atoms with E-state index >= 15 is 0 Å². The molecule has 0 aromatic carbocycles. The summed E-state index contributed by atoms with van der Waals surface area (Å²) in [6, 6.07) is -0.184. The van der Waals surface area contributed by atoms with Crippen molar-refractivity contribution in [2.75, 3.05) is 18.0 Å². The smallest absolute Gasteiger partial charge is 0.410 e. The Morgan fingerprint density at radius 3 is 2.78 bits per heavy atom. The number of imidazole rings is 1. The molecule has 4 N–H and O–H groups in total. The molecule has 1 fully saturated rings. The van der Waals surface area contributed by atoms with Gasteiger partial charge < -0.3 is 16.2 Å². The molecule has 3 rings (SSSR count). The molecule has 1 saturated heterocycles. The highest BCUT2D eigenvalue weighted by Crippen LogP contribution is 2.34. The van der Waals surface area contributed by atoms with Gasteiger partial charge in [-0.25, -0.2) is 14.8 Å². The third-order valence-electron chi connectivity index (χ3n) is 3.82. The molecule has 2 aromatic heterocycles. The second-order valence-electron chi connectivity index (χ2n) is 6.72. The number of nitrogens with two attached hydrogens (primary N) is 2. The van der Waals surface area contributed by atoms with Gasteiger partial charge in [0.25, 0.3) is 0 Å². The topological polar surface area (TPSA) is 112 Å². The Hall–Kier alpha value is -2.51. The first-order valence-corrected chi connectivity index (χ1v) is 7.65. The van der Waals surface area contributed by atoms with E-state index in [0.29, 0.717) is 29.5 Å². The molecule has 0 unspecified atom stereocenters. The number of amides is 1. The molecule has 0 bridgehead atoms. The van der Waals surface area contributed by atoms with Crippen LogP contribution in [0, 0.1) is 0 Å². The van der Waals surface area contributed by atoms with Gasteiger partial charge in [0.05, 0.1) is 6.04 Å². The lowest BCUT2D eigenvalue weighted by Crippen LogP contribution is -2.37. The van der Waals surface area contributed by atoms with Crippen LogP contribution in [0.25, 0.3) is 5.52 Å². The summed E-state index contributed by atoms with van der Waals surface area (Å²) in [5, 5.41) is 0. The van der Waals surface area contributed by atoms with Crippen molar-refractivity contribution in [1.29, 1.82) is 0 Å². The number of fused-ring (bicyclic) bond motifs is 1. The highest BCUT2D eigenvalue weighted by Gasteiger charge is 2.36. The summed E-state index contributed by atoms with van der Waals surface area (Å²) in [5.74, 6) is 1.34. The lowest BCUT2D eigenvalue weighted by atomic mass is 10.2. The van der Waals surface area contributed by atoms with Crippen LogP contribution in [0.5, 0.6) is 0 Å². The van der Waals surface area contributed by atoms with E-state index in [1.54, 1.807) is 17.3 Å². The van der Waals surface area contributed by atoms with Gasteiger partial charge in [-0.3, -0.25) is 9.30 Å². The molecule has 1 aliphatic heterocycles. The van der Waals surface area contributed by atoms with Crippen LogP contribution in [-0.4, -0.2) is 37.5 Å². The Balaban J connectivity index is 1.98. The Morgan fingerprint density at radius 2 is 2.09 bits per heavy atom. The van der Waals surface area contributed by atoms with Gasteiger partial charge in [0, 0.05) is 18.9 Å². The van der Waals surface area contributed by atoms with E-state index in [-0.39, 0.29) is 12.1 Å². The fourth-order valence-corrected chi connectivity index (χ4v) is 2.92. The predicted octanol–water partition coefficient (Wildman–Crippen LogP) is 1.97. The van der Waals surface area contributed by atoms with Crippen LogP contribution >= 0.6 is 0 Å². The van der Waals surface area contributed by atoms with Crippen LogP contribution < -0.4 is 11.5 Å². The number of hydrogen-bond acceptors (Lipinski definition) is 6. The van der Waals surface area contributed by atoms with Crippen LogP contribution in [-0.2, 0) is 4.74 Å². The van der Waals surface area contributed by atoms with E-state index in [9.17, 15) is 4.79 Å². The van der Waals surface area contributed by atoms with E-state index in [4.69, 9.17) is 16.2 Å². The van der Waals surface area contributed by atoms with Crippen molar-refractivity contribution >= 4 is 23.2 Å². The number of rotatable bonds is 1. The minimum atomic E-state index is -0.535. The van der Waals surface area contributed by atoms with Gasteiger partial charge in [0.2, 0.25) is 0 Å². The van der Waals surface area contributed by atoms with Gasteiger partial charge in [0.15, 0.2) is 11.6 Å². The number of nitrogen functional groups attached to an aromatic ring is 2. The standard InChI is InChI=1S/C15H22N6O2/c1-15(2,3)23-14(22)20-7-4-5-9(20)13-19-12(17)10-11(16)18-6-8-21(10)13/h6,8-9H,4-5,7,17H2,1-3H3,(H2,16,18)/t9-/m0/s1. The molecule has 2 aromatic rings.